The van der Waals surface area contributed by atoms with E-state index in [-0.39, 0.29) is 11.9 Å². The number of nitriles is 1. The Morgan fingerprint density at radius 1 is 1.27 bits per heavy atom. The molecule has 1 N–H and O–H groups in total. The highest BCUT2D eigenvalue weighted by molar-refractivity contribution is 5.78. The summed E-state index contributed by atoms with van der Waals surface area (Å²) in [7, 11) is 1.50. The van der Waals surface area contributed by atoms with Gasteiger partial charge >= 0.3 is 5.97 Å². The Labute approximate surface area is 195 Å². The molecule has 2 unspecified atom stereocenters. The van der Waals surface area contributed by atoms with Crippen LogP contribution in [0.2, 0.25) is 0 Å². The van der Waals surface area contributed by atoms with Gasteiger partial charge in [-0.05, 0) is 61.9 Å². The molecule has 1 aromatic heterocycles. The van der Waals surface area contributed by atoms with Gasteiger partial charge in [0.2, 0.25) is 0 Å². The molecule has 1 fully saturated rings. The van der Waals surface area contributed by atoms with E-state index in [9.17, 15) is 4.79 Å². The van der Waals surface area contributed by atoms with Crippen LogP contribution in [-0.2, 0) is 28.9 Å². The molecule has 0 radical (unpaired) electrons. The van der Waals surface area contributed by atoms with Crippen molar-refractivity contribution in [2.75, 3.05) is 20.2 Å². The summed E-state index contributed by atoms with van der Waals surface area (Å²) in [5.74, 6) is -0.0705. The third-order valence-corrected chi connectivity index (χ3v) is 6.84. The molecule has 6 heteroatoms. The first-order valence-electron chi connectivity index (χ1n) is 11.3. The lowest BCUT2D eigenvalue weighted by Crippen LogP contribution is -2.53. The van der Waals surface area contributed by atoms with E-state index in [0.717, 1.165) is 49.3 Å². The van der Waals surface area contributed by atoms with Crippen molar-refractivity contribution in [3.63, 3.8) is 0 Å². The second-order valence-corrected chi connectivity index (χ2v) is 9.09. The summed E-state index contributed by atoms with van der Waals surface area (Å²) in [4.78, 5) is 23.1. The average Bonchev–Trinajstić information content (AvgIpc) is 3.34. The molecule has 0 aliphatic carbocycles. The van der Waals surface area contributed by atoms with Gasteiger partial charge in [-0.2, -0.15) is 5.26 Å². The first kappa shape index (κ1) is 22.8. The molecule has 33 heavy (non-hydrogen) atoms. The van der Waals surface area contributed by atoms with Gasteiger partial charge in [-0.25, -0.2) is 4.98 Å². The summed E-state index contributed by atoms with van der Waals surface area (Å²) < 4.78 is 5.42. The van der Waals surface area contributed by atoms with Crippen LogP contribution in [0.4, 0.5) is 0 Å². The lowest BCUT2D eigenvalue weighted by atomic mass is 9.64. The smallest absolute Gasteiger partial charge is 0.312 e. The number of aromatic amines is 1. The van der Waals surface area contributed by atoms with Crippen LogP contribution in [0.3, 0.4) is 0 Å². The van der Waals surface area contributed by atoms with E-state index in [1.54, 1.807) is 6.33 Å². The third kappa shape index (κ3) is 5.15. The number of aryl methyl sites for hydroxylation is 1. The number of hydrogen-bond donors (Lipinski definition) is 1. The number of ether oxygens (including phenoxy) is 1. The summed E-state index contributed by atoms with van der Waals surface area (Å²) >= 11 is 0. The van der Waals surface area contributed by atoms with E-state index in [2.05, 4.69) is 52.1 Å². The molecule has 0 amide bonds. The zero-order chi connectivity index (χ0) is 23.3. The van der Waals surface area contributed by atoms with Crippen molar-refractivity contribution in [1.82, 2.24) is 14.9 Å². The first-order chi connectivity index (χ1) is 16.0. The zero-order valence-electron chi connectivity index (χ0n) is 19.3. The zero-order valence-corrected chi connectivity index (χ0v) is 19.3. The van der Waals surface area contributed by atoms with E-state index >= 15 is 0 Å². The van der Waals surface area contributed by atoms with Gasteiger partial charge in [0.1, 0.15) is 0 Å². The second-order valence-electron chi connectivity index (χ2n) is 9.09. The SMILES string of the molecule is COC(=O)C1(Cc2cccc(C)c2)CCN(Cc2cnc[nH]2)CC1Cc1ccc(C#N)cc1. The number of nitrogens with one attached hydrogen (secondary N) is 1. The Kier molecular flexibility index (Phi) is 6.90. The summed E-state index contributed by atoms with van der Waals surface area (Å²) in [6.07, 6.45) is 5.67. The van der Waals surface area contributed by atoms with Gasteiger partial charge in [0.15, 0.2) is 0 Å². The molecule has 170 valence electrons. The molecule has 6 nitrogen and oxygen atoms in total. The summed E-state index contributed by atoms with van der Waals surface area (Å²) in [6, 6.07) is 18.3. The Balaban J connectivity index is 1.67. The molecule has 1 saturated heterocycles. The highest BCUT2D eigenvalue weighted by atomic mass is 16.5. The van der Waals surface area contributed by atoms with E-state index in [0.29, 0.717) is 12.0 Å². The number of carbonyl (C=O) groups excluding carboxylic acids is 1. The molecule has 2 heterocycles. The van der Waals surface area contributed by atoms with Crippen molar-refractivity contribution in [3.8, 4) is 6.07 Å². The van der Waals surface area contributed by atoms with Crippen LogP contribution in [0.25, 0.3) is 0 Å². The number of H-pyrrole nitrogens is 1. The van der Waals surface area contributed by atoms with Crippen LogP contribution in [0, 0.1) is 29.6 Å². The van der Waals surface area contributed by atoms with Crippen molar-refractivity contribution in [3.05, 3.63) is 89.0 Å². The largest absolute Gasteiger partial charge is 0.469 e. The van der Waals surface area contributed by atoms with Crippen LogP contribution in [-0.4, -0.2) is 41.0 Å². The number of aromatic nitrogens is 2. The fourth-order valence-corrected chi connectivity index (χ4v) is 5.12. The van der Waals surface area contributed by atoms with Crippen molar-refractivity contribution < 1.29 is 9.53 Å². The number of hydrogen-bond acceptors (Lipinski definition) is 5. The first-order valence-corrected chi connectivity index (χ1v) is 11.3. The second kappa shape index (κ2) is 10.0. The van der Waals surface area contributed by atoms with E-state index in [1.165, 1.54) is 12.7 Å². The number of nitrogens with zero attached hydrogens (tertiary/aromatic N) is 3. The molecule has 0 bridgehead atoms. The van der Waals surface area contributed by atoms with Crippen LogP contribution in [0.5, 0.6) is 0 Å². The molecule has 3 aromatic rings. The molecule has 0 saturated carbocycles. The van der Waals surface area contributed by atoms with Crippen molar-refractivity contribution >= 4 is 5.97 Å². The van der Waals surface area contributed by atoms with Gasteiger partial charge in [-0.1, -0.05) is 42.0 Å². The highest BCUT2D eigenvalue weighted by Crippen LogP contribution is 2.43. The summed E-state index contributed by atoms with van der Waals surface area (Å²) in [6.45, 7) is 4.44. The number of likely N-dealkylation sites (tertiary alicyclic amines) is 1. The molecule has 4 rings (SSSR count). The molecule has 2 atom stereocenters. The Morgan fingerprint density at radius 3 is 2.76 bits per heavy atom. The van der Waals surface area contributed by atoms with Gasteiger partial charge in [0.25, 0.3) is 0 Å². The minimum Gasteiger partial charge on any atom is -0.469 e. The van der Waals surface area contributed by atoms with Crippen LogP contribution in [0.1, 0.15) is 34.4 Å². The highest BCUT2D eigenvalue weighted by Gasteiger charge is 2.49. The quantitative estimate of drug-likeness (QED) is 0.558. The predicted molar refractivity (Wildman–Crippen MR) is 126 cm³/mol. The van der Waals surface area contributed by atoms with Gasteiger partial charge in [-0.15, -0.1) is 0 Å². The maximum absolute atomic E-state index is 13.4. The van der Waals surface area contributed by atoms with E-state index in [1.807, 2.05) is 30.5 Å². The average molecular weight is 443 g/mol. The standard InChI is InChI=1S/C27H30N4O2/c1-20-4-3-5-23(12-20)14-27(26(32)33-2)10-11-31(18-25-16-29-19-30-25)17-24(27)13-21-6-8-22(15-28)9-7-21/h3-9,12,16,19,24H,10-11,13-14,17-18H2,1-2H3,(H,29,30). The number of piperidine rings is 1. The topological polar surface area (TPSA) is 82.0 Å². The number of benzene rings is 2. The minimum absolute atomic E-state index is 0.0649. The predicted octanol–water partition coefficient (Wildman–Crippen LogP) is 4.06. The maximum atomic E-state index is 13.4. The maximum Gasteiger partial charge on any atom is 0.312 e. The van der Waals surface area contributed by atoms with E-state index in [4.69, 9.17) is 10.00 Å². The number of rotatable bonds is 7. The molecule has 1 aliphatic heterocycles. The molecule has 2 aromatic carbocycles. The lowest BCUT2D eigenvalue weighted by molar-refractivity contribution is -0.161. The van der Waals surface area contributed by atoms with Crippen molar-refractivity contribution in [2.45, 2.75) is 32.7 Å². The van der Waals surface area contributed by atoms with Crippen LogP contribution in [0.15, 0.2) is 61.1 Å². The Morgan fingerprint density at radius 2 is 2.09 bits per heavy atom. The van der Waals surface area contributed by atoms with Crippen LogP contribution < -0.4 is 0 Å². The number of carbonyl (C=O) groups is 1. The lowest BCUT2D eigenvalue weighted by Gasteiger charge is -2.46. The minimum atomic E-state index is -0.610. The van der Waals surface area contributed by atoms with Gasteiger partial charge < -0.3 is 9.72 Å². The number of methoxy groups -OCH3 is 1. The van der Waals surface area contributed by atoms with Gasteiger partial charge in [0, 0.05) is 25.0 Å². The normalized spacial score (nSPS) is 20.8. The van der Waals surface area contributed by atoms with Crippen molar-refractivity contribution in [1.29, 1.82) is 5.26 Å². The molecular weight excluding hydrogens is 412 g/mol. The molecular formula is C27H30N4O2. The molecule has 1 aliphatic rings. The molecule has 0 spiro atoms. The Bertz CT molecular complexity index is 1120. The number of esters is 1. The van der Waals surface area contributed by atoms with Crippen LogP contribution >= 0.6 is 0 Å². The Hall–Kier alpha value is -3.43. The summed E-state index contributed by atoms with van der Waals surface area (Å²) in [5, 5.41) is 9.16. The fraction of sp³-hybridized carbons (Fsp3) is 0.370. The van der Waals surface area contributed by atoms with Gasteiger partial charge in [-0.3, -0.25) is 9.69 Å². The van der Waals surface area contributed by atoms with Gasteiger partial charge in [0.05, 0.1) is 30.5 Å². The van der Waals surface area contributed by atoms with E-state index < -0.39 is 5.41 Å². The third-order valence-electron chi connectivity index (χ3n) is 6.84. The monoisotopic (exact) mass is 442 g/mol. The summed E-state index contributed by atoms with van der Waals surface area (Å²) in [5.41, 5.74) is 4.57. The fourth-order valence-electron chi connectivity index (χ4n) is 5.12. The number of imidazole rings is 1. The van der Waals surface area contributed by atoms with Crippen molar-refractivity contribution in [2.24, 2.45) is 11.3 Å².